The lowest BCUT2D eigenvalue weighted by atomic mass is 9.81. The van der Waals surface area contributed by atoms with E-state index in [1.165, 1.54) is 18.4 Å². The summed E-state index contributed by atoms with van der Waals surface area (Å²) in [5.74, 6) is 0.749. The molecule has 4 rings (SSSR count). The number of benzene rings is 1. The maximum absolute atomic E-state index is 13.3. The van der Waals surface area contributed by atoms with Gasteiger partial charge < -0.3 is 14.7 Å². The van der Waals surface area contributed by atoms with E-state index in [9.17, 15) is 14.7 Å². The smallest absolute Gasteiger partial charge is 0.409 e. The average molecular weight is 511 g/mol. The van der Waals surface area contributed by atoms with E-state index in [4.69, 9.17) is 16.3 Å². The van der Waals surface area contributed by atoms with Gasteiger partial charge >= 0.3 is 12.1 Å². The molecule has 1 spiro atoms. The Balaban J connectivity index is 1.50. The van der Waals surface area contributed by atoms with Crippen LogP contribution in [0.4, 0.5) is 20.4 Å². The second-order valence-electron chi connectivity index (χ2n) is 9.20. The van der Waals surface area contributed by atoms with Crippen molar-refractivity contribution >= 4 is 57.6 Å². The molecule has 2 N–H and O–H groups in total. The Hall–Kier alpha value is -2.01. The third-order valence-electron chi connectivity index (χ3n) is 6.04. The van der Waals surface area contributed by atoms with Crippen LogP contribution in [0.15, 0.2) is 28.6 Å². The summed E-state index contributed by atoms with van der Waals surface area (Å²) in [6, 6.07) is 5.25. The molecule has 0 bridgehead atoms. The van der Waals surface area contributed by atoms with Crippen molar-refractivity contribution in [2.45, 2.75) is 29.9 Å². The number of nitrogens with one attached hydrogen (secondary N) is 1. The fourth-order valence-electron chi connectivity index (χ4n) is 4.18. The largest absolute Gasteiger partial charge is 0.453 e. The molecular weight excluding hydrogens is 484 g/mol. The molecule has 1 unspecified atom stereocenters. The molecule has 1 aromatic carbocycles. The fourth-order valence-corrected chi connectivity index (χ4v) is 6.30. The molecule has 2 aromatic rings. The number of aliphatic hydroxyl groups is 1. The minimum Gasteiger partial charge on any atom is -0.453 e. The number of hydrogen-bond donors (Lipinski definition) is 2. The summed E-state index contributed by atoms with van der Waals surface area (Å²) in [7, 11) is 1.37. The molecule has 1 aromatic heterocycles. The molecule has 178 valence electrons. The standard InChI is InChI=1S/C22H27ClN4O4S2/c1-21(2,12-28)13-32-17-9-24-18(33-17)25-19(29)27-11-22(6-7-26(10-22)20(30)31-3)15-8-14(23)4-5-16(15)27/h4-5,8-9,28H,6-7,10-13H2,1-3H3,(H,24,25,29). The minimum absolute atomic E-state index is 0.107. The van der Waals surface area contributed by atoms with E-state index in [-0.39, 0.29) is 29.6 Å². The molecule has 33 heavy (non-hydrogen) atoms. The normalized spacial score (nSPS) is 19.8. The zero-order valence-electron chi connectivity index (χ0n) is 18.8. The second kappa shape index (κ2) is 9.32. The number of rotatable bonds is 5. The third-order valence-corrected chi connectivity index (χ3v) is 8.91. The predicted molar refractivity (Wildman–Crippen MR) is 132 cm³/mol. The summed E-state index contributed by atoms with van der Waals surface area (Å²) in [4.78, 5) is 33.1. The Morgan fingerprint density at radius 2 is 2.18 bits per heavy atom. The van der Waals surface area contributed by atoms with Gasteiger partial charge in [0.2, 0.25) is 0 Å². The molecule has 8 nitrogen and oxygen atoms in total. The van der Waals surface area contributed by atoms with Gasteiger partial charge in [0, 0.05) is 48.1 Å². The molecule has 1 fully saturated rings. The van der Waals surface area contributed by atoms with E-state index < -0.39 is 0 Å². The van der Waals surface area contributed by atoms with Crippen LogP contribution in [0.3, 0.4) is 0 Å². The van der Waals surface area contributed by atoms with Gasteiger partial charge in [0.15, 0.2) is 5.13 Å². The Labute approximate surface area is 206 Å². The molecule has 3 amide bonds. The first-order valence-corrected chi connectivity index (χ1v) is 12.8. The highest BCUT2D eigenvalue weighted by atomic mass is 35.5. The number of likely N-dealkylation sites (tertiary alicyclic amines) is 1. The first-order chi connectivity index (χ1) is 15.7. The fraction of sp³-hybridized carbons (Fsp3) is 0.500. The van der Waals surface area contributed by atoms with Crippen LogP contribution in [-0.2, 0) is 10.2 Å². The number of amides is 3. The Morgan fingerprint density at radius 3 is 2.91 bits per heavy atom. The van der Waals surface area contributed by atoms with Gasteiger partial charge in [-0.3, -0.25) is 10.2 Å². The van der Waals surface area contributed by atoms with Crippen LogP contribution in [0.25, 0.3) is 0 Å². The quantitative estimate of drug-likeness (QED) is 0.567. The average Bonchev–Trinajstić information content (AvgIpc) is 3.50. The number of carbonyl (C=O) groups excluding carboxylic acids is 2. The number of halogens is 1. The van der Waals surface area contributed by atoms with Gasteiger partial charge in [-0.05, 0) is 35.6 Å². The number of thioether (sulfide) groups is 1. The van der Waals surface area contributed by atoms with E-state index in [0.29, 0.717) is 29.8 Å². The van der Waals surface area contributed by atoms with Gasteiger partial charge in [-0.1, -0.05) is 36.8 Å². The van der Waals surface area contributed by atoms with Crippen molar-refractivity contribution in [3.63, 3.8) is 0 Å². The minimum atomic E-state index is -0.383. The van der Waals surface area contributed by atoms with Crippen LogP contribution in [0.5, 0.6) is 0 Å². The van der Waals surface area contributed by atoms with E-state index in [1.54, 1.807) is 33.8 Å². The lowest BCUT2D eigenvalue weighted by molar-refractivity contribution is 0.131. The summed E-state index contributed by atoms with van der Waals surface area (Å²) in [5.41, 5.74) is 1.19. The van der Waals surface area contributed by atoms with Crippen LogP contribution < -0.4 is 10.2 Å². The van der Waals surface area contributed by atoms with Crippen molar-refractivity contribution in [2.75, 3.05) is 49.3 Å². The first-order valence-electron chi connectivity index (χ1n) is 10.6. The van der Waals surface area contributed by atoms with Crippen molar-refractivity contribution in [1.82, 2.24) is 9.88 Å². The van der Waals surface area contributed by atoms with E-state index in [2.05, 4.69) is 10.3 Å². The number of carbonyl (C=O) groups is 2. The third kappa shape index (κ3) is 4.94. The van der Waals surface area contributed by atoms with Gasteiger partial charge in [-0.25, -0.2) is 14.6 Å². The number of thiazole rings is 1. The molecule has 1 atom stereocenters. The number of nitrogens with zero attached hydrogens (tertiary/aromatic N) is 3. The van der Waals surface area contributed by atoms with E-state index in [0.717, 1.165) is 27.6 Å². The lowest BCUT2D eigenvalue weighted by Gasteiger charge is -2.25. The van der Waals surface area contributed by atoms with Crippen molar-refractivity contribution in [2.24, 2.45) is 5.41 Å². The molecular formula is C22H27ClN4O4S2. The molecule has 11 heteroatoms. The summed E-state index contributed by atoms with van der Waals surface area (Å²) in [6.07, 6.45) is 2.09. The van der Waals surface area contributed by atoms with Crippen LogP contribution >= 0.6 is 34.7 Å². The van der Waals surface area contributed by atoms with Gasteiger partial charge in [0.05, 0.1) is 17.5 Å². The van der Waals surface area contributed by atoms with Crippen molar-refractivity contribution in [3.8, 4) is 0 Å². The Kier molecular flexibility index (Phi) is 6.82. The van der Waals surface area contributed by atoms with Gasteiger partial charge in [0.25, 0.3) is 0 Å². The van der Waals surface area contributed by atoms with Gasteiger partial charge in [-0.2, -0.15) is 0 Å². The maximum atomic E-state index is 13.3. The molecule has 2 aliphatic heterocycles. The monoisotopic (exact) mass is 510 g/mol. The predicted octanol–water partition coefficient (Wildman–Crippen LogP) is 4.67. The molecule has 1 saturated heterocycles. The topological polar surface area (TPSA) is 95.0 Å². The number of urea groups is 1. The highest BCUT2D eigenvalue weighted by molar-refractivity contribution is 8.01. The molecule has 0 radical (unpaired) electrons. The number of methoxy groups -OCH3 is 1. The number of aromatic nitrogens is 1. The Morgan fingerprint density at radius 1 is 1.39 bits per heavy atom. The maximum Gasteiger partial charge on any atom is 0.409 e. The van der Waals surface area contributed by atoms with Crippen LogP contribution in [0, 0.1) is 5.41 Å². The van der Waals surface area contributed by atoms with Gasteiger partial charge in [0.1, 0.15) is 0 Å². The zero-order chi connectivity index (χ0) is 23.8. The second-order valence-corrected chi connectivity index (χ2v) is 11.9. The summed E-state index contributed by atoms with van der Waals surface area (Å²) >= 11 is 9.31. The zero-order valence-corrected chi connectivity index (χ0v) is 21.1. The van der Waals surface area contributed by atoms with Crippen molar-refractivity contribution in [1.29, 1.82) is 0 Å². The molecule has 0 aliphatic carbocycles. The molecule has 3 heterocycles. The number of ether oxygens (including phenoxy) is 1. The van der Waals surface area contributed by atoms with Crippen molar-refractivity contribution in [3.05, 3.63) is 35.0 Å². The summed E-state index contributed by atoms with van der Waals surface area (Å²) < 4.78 is 5.87. The van der Waals surface area contributed by atoms with Crippen LogP contribution in [0.1, 0.15) is 25.8 Å². The highest BCUT2D eigenvalue weighted by Crippen LogP contribution is 2.47. The van der Waals surface area contributed by atoms with Crippen LogP contribution in [-0.4, -0.2) is 66.2 Å². The SMILES string of the molecule is COC(=O)N1CCC2(C1)CN(C(=O)Nc1ncc(SCC(C)(C)CO)s1)c1ccc(Cl)cc12. The lowest BCUT2D eigenvalue weighted by Crippen LogP contribution is -2.41. The molecule has 2 aliphatic rings. The summed E-state index contributed by atoms with van der Waals surface area (Å²) in [6.45, 7) is 5.58. The summed E-state index contributed by atoms with van der Waals surface area (Å²) in [5, 5.41) is 13.5. The molecule has 0 saturated carbocycles. The van der Waals surface area contributed by atoms with E-state index >= 15 is 0 Å². The number of aliphatic hydroxyl groups excluding tert-OH is 1. The van der Waals surface area contributed by atoms with Crippen LogP contribution in [0.2, 0.25) is 5.02 Å². The van der Waals surface area contributed by atoms with Gasteiger partial charge in [-0.15, -0.1) is 11.8 Å². The van der Waals surface area contributed by atoms with Crippen molar-refractivity contribution < 1.29 is 19.4 Å². The number of hydrogen-bond acceptors (Lipinski definition) is 7. The Bertz CT molecular complexity index is 1060. The van der Waals surface area contributed by atoms with E-state index in [1.807, 2.05) is 26.0 Å². The first kappa shape index (κ1) is 24.1. The number of anilines is 2. The highest BCUT2D eigenvalue weighted by Gasteiger charge is 2.50. The number of fused-ring (bicyclic) bond motifs is 2.